The highest BCUT2D eigenvalue weighted by Gasteiger charge is 2.74. The Bertz CT molecular complexity index is 665. The number of carboxylic acids is 1. The maximum absolute atomic E-state index is 13.6. The highest BCUT2D eigenvalue weighted by Crippen LogP contribution is 2.58. The third-order valence-corrected chi connectivity index (χ3v) is 6.36. The third kappa shape index (κ3) is 3.03. The van der Waals surface area contributed by atoms with Crippen molar-refractivity contribution in [1.82, 2.24) is 9.80 Å². The molecule has 3 saturated heterocycles. The minimum Gasteiger partial charge on any atom is -0.481 e. The van der Waals surface area contributed by atoms with Gasteiger partial charge in [-0.25, -0.2) is 0 Å². The molecule has 3 aliphatic heterocycles. The lowest BCUT2D eigenvalue weighted by atomic mass is 9.70. The second-order valence-corrected chi connectivity index (χ2v) is 8.23. The average molecular weight is 394 g/mol. The van der Waals surface area contributed by atoms with E-state index in [1.54, 1.807) is 11.0 Å². The molecule has 1 spiro atoms. The number of fused-ring (bicyclic) bond motifs is 1. The van der Waals surface area contributed by atoms with E-state index in [2.05, 4.69) is 6.58 Å². The van der Waals surface area contributed by atoms with Gasteiger partial charge in [0.2, 0.25) is 11.8 Å². The number of unbranched alkanes of at least 4 members (excludes halogenated alkanes) is 1. The Morgan fingerprint density at radius 1 is 1.43 bits per heavy atom. The Morgan fingerprint density at radius 2 is 2.14 bits per heavy atom. The van der Waals surface area contributed by atoms with Crippen molar-refractivity contribution >= 4 is 17.8 Å². The molecule has 0 saturated carbocycles. The molecule has 8 heteroatoms. The van der Waals surface area contributed by atoms with Crippen molar-refractivity contribution < 1.29 is 29.3 Å². The van der Waals surface area contributed by atoms with Crippen molar-refractivity contribution in [3.8, 4) is 0 Å². The number of aliphatic carboxylic acids is 1. The van der Waals surface area contributed by atoms with Crippen LogP contribution in [-0.2, 0) is 19.1 Å². The van der Waals surface area contributed by atoms with Gasteiger partial charge < -0.3 is 24.7 Å². The van der Waals surface area contributed by atoms with Gasteiger partial charge in [0.15, 0.2) is 0 Å². The number of ether oxygens (including phenoxy) is 1. The van der Waals surface area contributed by atoms with Gasteiger partial charge in [-0.2, -0.15) is 0 Å². The Morgan fingerprint density at radius 3 is 2.71 bits per heavy atom. The largest absolute Gasteiger partial charge is 0.481 e. The predicted molar refractivity (Wildman–Crippen MR) is 100 cm³/mol. The molecular weight excluding hydrogens is 364 g/mol. The van der Waals surface area contributed by atoms with E-state index in [-0.39, 0.29) is 24.5 Å². The molecule has 0 radical (unpaired) electrons. The SMILES string of the molecule is C=CCN(C(=O)C1N(CCCCO)C(=O)[C@@H]2[C@@H](C(=O)O)[C@H]3CCC12O3)C(C)C. The Balaban J connectivity index is 2.00. The second-order valence-electron chi connectivity index (χ2n) is 8.23. The van der Waals surface area contributed by atoms with Crippen LogP contribution in [0, 0.1) is 11.8 Å². The number of carbonyl (C=O) groups is 3. The number of hydrogen-bond donors (Lipinski definition) is 2. The Kier molecular flexibility index (Phi) is 5.82. The highest BCUT2D eigenvalue weighted by molar-refractivity contribution is 5.98. The maximum atomic E-state index is 13.6. The van der Waals surface area contributed by atoms with Gasteiger partial charge in [0.1, 0.15) is 11.6 Å². The molecule has 28 heavy (non-hydrogen) atoms. The van der Waals surface area contributed by atoms with Crippen LogP contribution in [0.5, 0.6) is 0 Å². The zero-order valence-corrected chi connectivity index (χ0v) is 16.5. The molecule has 0 aromatic rings. The Hall–Kier alpha value is -1.93. The Labute approximate surface area is 165 Å². The van der Waals surface area contributed by atoms with Gasteiger partial charge in [0.25, 0.3) is 0 Å². The number of carboxylic acid groups (broad SMARTS) is 1. The smallest absolute Gasteiger partial charge is 0.310 e. The van der Waals surface area contributed by atoms with Gasteiger partial charge in [0, 0.05) is 25.7 Å². The number of aliphatic hydroxyl groups is 1. The molecule has 5 atom stereocenters. The zero-order chi connectivity index (χ0) is 20.6. The molecule has 156 valence electrons. The van der Waals surface area contributed by atoms with Crippen LogP contribution < -0.4 is 0 Å². The van der Waals surface area contributed by atoms with Crippen LogP contribution in [-0.4, -0.2) is 81.3 Å². The summed E-state index contributed by atoms with van der Waals surface area (Å²) in [5.74, 6) is -3.31. The van der Waals surface area contributed by atoms with E-state index in [4.69, 9.17) is 9.84 Å². The van der Waals surface area contributed by atoms with Gasteiger partial charge in [-0.3, -0.25) is 14.4 Å². The summed E-state index contributed by atoms with van der Waals surface area (Å²) in [4.78, 5) is 41.9. The molecule has 0 aromatic carbocycles. The van der Waals surface area contributed by atoms with Gasteiger partial charge >= 0.3 is 5.97 Å². The van der Waals surface area contributed by atoms with Crippen molar-refractivity contribution in [3.05, 3.63) is 12.7 Å². The number of aliphatic hydroxyl groups excluding tert-OH is 1. The van der Waals surface area contributed by atoms with E-state index < -0.39 is 35.6 Å². The van der Waals surface area contributed by atoms with Crippen LogP contribution >= 0.6 is 0 Å². The lowest BCUT2D eigenvalue weighted by Gasteiger charge is -2.38. The van der Waals surface area contributed by atoms with Crippen molar-refractivity contribution in [2.45, 2.75) is 63.3 Å². The standard InChI is InChI=1S/C20H30N2O6/c1-4-9-21(12(2)3)18(25)16-20-8-7-13(28-20)14(19(26)27)15(20)17(24)22(16)10-5-6-11-23/h4,12-16,23H,1,5-11H2,2-3H3,(H,26,27)/t13-,14+,15+,16?,20?/m1/s1. The summed E-state index contributed by atoms with van der Waals surface area (Å²) in [5, 5.41) is 18.8. The van der Waals surface area contributed by atoms with E-state index in [0.717, 1.165) is 0 Å². The molecule has 2 unspecified atom stereocenters. The molecule has 8 nitrogen and oxygen atoms in total. The molecule has 0 aliphatic carbocycles. The van der Waals surface area contributed by atoms with Crippen LogP contribution in [0.1, 0.15) is 39.5 Å². The van der Waals surface area contributed by atoms with Crippen LogP contribution in [0.3, 0.4) is 0 Å². The first-order valence-corrected chi connectivity index (χ1v) is 10.0. The number of hydrogen-bond acceptors (Lipinski definition) is 5. The number of nitrogens with zero attached hydrogens (tertiary/aromatic N) is 2. The van der Waals surface area contributed by atoms with E-state index in [1.807, 2.05) is 13.8 Å². The number of rotatable bonds is 9. The van der Waals surface area contributed by atoms with Crippen LogP contribution in [0.15, 0.2) is 12.7 Å². The van der Waals surface area contributed by atoms with Crippen LogP contribution in [0.2, 0.25) is 0 Å². The molecule has 2 bridgehead atoms. The topological polar surface area (TPSA) is 107 Å². The second kappa shape index (κ2) is 7.83. The molecular formula is C20H30N2O6. The van der Waals surface area contributed by atoms with Crippen molar-refractivity contribution in [1.29, 1.82) is 0 Å². The first-order chi connectivity index (χ1) is 13.3. The first kappa shape index (κ1) is 20.8. The minimum absolute atomic E-state index is 0.000122. The van der Waals surface area contributed by atoms with E-state index in [1.165, 1.54) is 4.90 Å². The van der Waals surface area contributed by atoms with Crippen LogP contribution in [0.4, 0.5) is 0 Å². The fourth-order valence-electron chi connectivity index (χ4n) is 5.20. The number of likely N-dealkylation sites (tertiary alicyclic amines) is 1. The fraction of sp³-hybridized carbons (Fsp3) is 0.750. The van der Waals surface area contributed by atoms with Gasteiger partial charge in [-0.15, -0.1) is 6.58 Å². The number of amides is 2. The highest BCUT2D eigenvalue weighted by atomic mass is 16.5. The normalized spacial score (nSPS) is 33.4. The third-order valence-electron chi connectivity index (χ3n) is 6.36. The van der Waals surface area contributed by atoms with Gasteiger partial charge in [-0.1, -0.05) is 6.08 Å². The van der Waals surface area contributed by atoms with Crippen molar-refractivity contribution in [3.63, 3.8) is 0 Å². The summed E-state index contributed by atoms with van der Waals surface area (Å²) in [6.45, 7) is 8.17. The summed E-state index contributed by atoms with van der Waals surface area (Å²) >= 11 is 0. The summed E-state index contributed by atoms with van der Waals surface area (Å²) in [6, 6.07) is -0.926. The average Bonchev–Trinajstić information content (AvgIpc) is 3.27. The van der Waals surface area contributed by atoms with E-state index >= 15 is 0 Å². The molecule has 3 rings (SSSR count). The number of carbonyl (C=O) groups excluding carboxylic acids is 2. The summed E-state index contributed by atoms with van der Waals surface area (Å²) in [7, 11) is 0. The molecule has 3 fully saturated rings. The minimum atomic E-state index is -1.07. The van der Waals surface area contributed by atoms with Crippen molar-refractivity contribution in [2.75, 3.05) is 19.7 Å². The molecule has 2 amide bonds. The monoisotopic (exact) mass is 394 g/mol. The fourth-order valence-corrected chi connectivity index (χ4v) is 5.20. The van der Waals surface area contributed by atoms with Crippen LogP contribution in [0.25, 0.3) is 0 Å². The summed E-state index contributed by atoms with van der Waals surface area (Å²) in [6.07, 6.45) is 3.22. The lowest BCUT2D eigenvalue weighted by molar-refractivity contribution is -0.151. The molecule has 3 heterocycles. The molecule has 0 aromatic heterocycles. The summed E-state index contributed by atoms with van der Waals surface area (Å²) in [5.41, 5.74) is -1.07. The first-order valence-electron chi connectivity index (χ1n) is 10.0. The molecule has 2 N–H and O–H groups in total. The lowest BCUT2D eigenvalue weighted by Crippen LogP contribution is -2.57. The van der Waals surface area contributed by atoms with E-state index in [9.17, 15) is 19.5 Å². The maximum Gasteiger partial charge on any atom is 0.310 e. The van der Waals surface area contributed by atoms with Gasteiger partial charge in [0.05, 0.1) is 17.9 Å². The predicted octanol–water partition coefficient (Wildman–Crippen LogP) is 0.641. The zero-order valence-electron chi connectivity index (χ0n) is 16.5. The van der Waals surface area contributed by atoms with Gasteiger partial charge in [-0.05, 0) is 39.5 Å². The quantitative estimate of drug-likeness (QED) is 0.439. The summed E-state index contributed by atoms with van der Waals surface area (Å²) < 4.78 is 6.14. The molecule has 3 aliphatic rings. The van der Waals surface area contributed by atoms with Crippen molar-refractivity contribution in [2.24, 2.45) is 11.8 Å². The van der Waals surface area contributed by atoms with E-state index in [0.29, 0.717) is 38.8 Å².